The number of rotatable bonds is 10. The molecule has 29 heavy (non-hydrogen) atoms. The number of nitrogens with one attached hydrogen (secondary N) is 3. The first kappa shape index (κ1) is 24.1. The molecule has 10 nitrogen and oxygen atoms in total. The number of aliphatic hydroxyl groups excluding tert-OH is 1. The second-order valence-electron chi connectivity index (χ2n) is 6.82. The van der Waals surface area contributed by atoms with Crippen LogP contribution in [0.2, 0.25) is 0 Å². The van der Waals surface area contributed by atoms with E-state index in [0.29, 0.717) is 0 Å². The van der Waals surface area contributed by atoms with Crippen molar-refractivity contribution in [1.82, 2.24) is 16.0 Å². The Kier molecular flexibility index (Phi) is 9.23. The standard InChI is InChI=1S/C19H28N4O6/c1-10(22-18(27)15(20)12(3)24)16(25)21-11(2)17(26)23-14(19(28)29)9-13-7-5-4-6-8-13/h4-8,10-12,14-15,24H,9,20H2,1-3H3,(H,21,25)(H,22,27)(H,23,26)(H,28,29). The summed E-state index contributed by atoms with van der Waals surface area (Å²) in [7, 11) is 0. The van der Waals surface area contributed by atoms with E-state index in [1.165, 1.54) is 20.8 Å². The van der Waals surface area contributed by atoms with Crippen molar-refractivity contribution in [3.05, 3.63) is 35.9 Å². The maximum Gasteiger partial charge on any atom is 0.326 e. The van der Waals surface area contributed by atoms with Gasteiger partial charge in [-0.2, -0.15) is 0 Å². The van der Waals surface area contributed by atoms with Gasteiger partial charge in [-0.05, 0) is 26.3 Å². The minimum Gasteiger partial charge on any atom is -0.480 e. The lowest BCUT2D eigenvalue weighted by Crippen LogP contribution is -2.56. The van der Waals surface area contributed by atoms with Gasteiger partial charge in [-0.15, -0.1) is 0 Å². The maximum absolute atomic E-state index is 12.3. The van der Waals surface area contributed by atoms with Crippen LogP contribution in [0.15, 0.2) is 30.3 Å². The molecule has 0 radical (unpaired) electrons. The van der Waals surface area contributed by atoms with Crippen LogP contribution < -0.4 is 21.7 Å². The molecule has 1 aromatic rings. The molecule has 0 fully saturated rings. The van der Waals surface area contributed by atoms with Crippen LogP contribution in [-0.2, 0) is 25.6 Å². The first-order valence-electron chi connectivity index (χ1n) is 9.14. The van der Waals surface area contributed by atoms with Crippen molar-refractivity contribution in [2.45, 2.75) is 57.5 Å². The highest BCUT2D eigenvalue weighted by Crippen LogP contribution is 2.04. The number of carbonyl (C=O) groups is 4. The Morgan fingerprint density at radius 2 is 1.38 bits per heavy atom. The molecule has 0 spiro atoms. The van der Waals surface area contributed by atoms with E-state index in [4.69, 9.17) is 5.73 Å². The average Bonchev–Trinajstić information content (AvgIpc) is 2.66. The van der Waals surface area contributed by atoms with Crippen molar-refractivity contribution >= 4 is 23.7 Å². The topological polar surface area (TPSA) is 171 Å². The van der Waals surface area contributed by atoms with E-state index >= 15 is 0 Å². The van der Waals surface area contributed by atoms with Gasteiger partial charge in [0.15, 0.2) is 0 Å². The Morgan fingerprint density at radius 1 is 0.897 bits per heavy atom. The second kappa shape index (κ2) is 11.1. The number of hydrogen-bond acceptors (Lipinski definition) is 6. The number of aliphatic hydroxyl groups is 1. The number of carbonyl (C=O) groups excluding carboxylic acids is 3. The van der Waals surface area contributed by atoms with E-state index in [0.717, 1.165) is 5.56 Å². The largest absolute Gasteiger partial charge is 0.480 e. The van der Waals surface area contributed by atoms with Crippen LogP contribution in [-0.4, -0.2) is 64.2 Å². The number of benzene rings is 1. The number of aliphatic carboxylic acids is 1. The molecular weight excluding hydrogens is 380 g/mol. The Bertz CT molecular complexity index is 725. The second-order valence-corrected chi connectivity index (χ2v) is 6.82. The molecule has 5 unspecified atom stereocenters. The third-order valence-corrected chi connectivity index (χ3v) is 4.22. The minimum atomic E-state index is -1.20. The molecule has 0 bridgehead atoms. The SMILES string of the molecule is CC(NC(=O)C(C)NC(=O)C(N)C(C)O)C(=O)NC(Cc1ccccc1)C(=O)O. The number of nitrogens with two attached hydrogens (primary N) is 1. The van der Waals surface area contributed by atoms with Gasteiger partial charge in [0.05, 0.1) is 6.10 Å². The van der Waals surface area contributed by atoms with Crippen molar-refractivity contribution < 1.29 is 29.4 Å². The van der Waals surface area contributed by atoms with Gasteiger partial charge in [0.25, 0.3) is 0 Å². The van der Waals surface area contributed by atoms with E-state index < -0.39 is 54.0 Å². The minimum absolute atomic E-state index is 0.0896. The predicted octanol–water partition coefficient (Wildman–Crippen LogP) is -1.48. The van der Waals surface area contributed by atoms with Gasteiger partial charge >= 0.3 is 5.97 Å². The molecule has 0 aliphatic carbocycles. The van der Waals surface area contributed by atoms with Crippen LogP contribution in [0.25, 0.3) is 0 Å². The summed E-state index contributed by atoms with van der Waals surface area (Å²) in [5.74, 6) is -3.25. The van der Waals surface area contributed by atoms with Crippen molar-refractivity contribution in [3.8, 4) is 0 Å². The zero-order valence-corrected chi connectivity index (χ0v) is 16.6. The fourth-order valence-electron chi connectivity index (χ4n) is 2.34. The van der Waals surface area contributed by atoms with Crippen LogP contribution in [0.1, 0.15) is 26.3 Å². The van der Waals surface area contributed by atoms with Gasteiger partial charge in [0, 0.05) is 6.42 Å². The Labute approximate surface area is 168 Å². The number of hydrogen-bond donors (Lipinski definition) is 6. The van der Waals surface area contributed by atoms with Crippen LogP contribution in [0, 0.1) is 0 Å². The smallest absolute Gasteiger partial charge is 0.326 e. The molecule has 0 saturated carbocycles. The van der Waals surface area contributed by atoms with Gasteiger partial charge in [-0.3, -0.25) is 14.4 Å². The van der Waals surface area contributed by atoms with Crippen molar-refractivity contribution in [2.24, 2.45) is 5.73 Å². The number of carboxylic acids is 1. The van der Waals surface area contributed by atoms with Crippen LogP contribution in [0.3, 0.4) is 0 Å². The molecular formula is C19H28N4O6. The monoisotopic (exact) mass is 408 g/mol. The summed E-state index contributed by atoms with van der Waals surface area (Å²) < 4.78 is 0. The van der Waals surface area contributed by atoms with E-state index in [9.17, 15) is 29.4 Å². The normalized spacial score (nSPS) is 15.9. The molecule has 0 aliphatic heterocycles. The molecule has 5 atom stereocenters. The van der Waals surface area contributed by atoms with E-state index in [1.54, 1.807) is 30.3 Å². The van der Waals surface area contributed by atoms with Crippen molar-refractivity contribution in [1.29, 1.82) is 0 Å². The first-order chi connectivity index (χ1) is 13.5. The third kappa shape index (κ3) is 7.88. The van der Waals surface area contributed by atoms with Crippen molar-refractivity contribution in [2.75, 3.05) is 0 Å². The van der Waals surface area contributed by atoms with Crippen LogP contribution in [0.5, 0.6) is 0 Å². The molecule has 7 N–H and O–H groups in total. The summed E-state index contributed by atoms with van der Waals surface area (Å²) in [6, 6.07) is 4.41. The highest BCUT2D eigenvalue weighted by atomic mass is 16.4. The predicted molar refractivity (Wildman–Crippen MR) is 105 cm³/mol. The molecule has 3 amide bonds. The summed E-state index contributed by atoms with van der Waals surface area (Å²) >= 11 is 0. The lowest BCUT2D eigenvalue weighted by Gasteiger charge is -2.22. The fraction of sp³-hybridized carbons (Fsp3) is 0.474. The molecule has 0 heterocycles. The Hall–Kier alpha value is -2.98. The molecule has 0 aliphatic rings. The third-order valence-electron chi connectivity index (χ3n) is 4.22. The number of carboxylic acid groups (broad SMARTS) is 1. The first-order valence-corrected chi connectivity index (χ1v) is 9.14. The van der Waals surface area contributed by atoms with E-state index in [1.807, 2.05) is 0 Å². The van der Waals surface area contributed by atoms with Crippen LogP contribution in [0.4, 0.5) is 0 Å². The average molecular weight is 408 g/mol. The Balaban J connectivity index is 2.61. The highest BCUT2D eigenvalue weighted by Gasteiger charge is 2.27. The van der Waals surface area contributed by atoms with Gasteiger partial charge < -0.3 is 31.9 Å². The Morgan fingerprint density at radius 3 is 1.86 bits per heavy atom. The number of amides is 3. The molecule has 1 aromatic carbocycles. The van der Waals surface area contributed by atoms with Gasteiger partial charge in [0.1, 0.15) is 24.2 Å². The lowest BCUT2D eigenvalue weighted by molar-refractivity contribution is -0.142. The van der Waals surface area contributed by atoms with E-state index in [2.05, 4.69) is 16.0 Å². The maximum atomic E-state index is 12.3. The quantitative estimate of drug-likeness (QED) is 0.274. The molecule has 0 saturated heterocycles. The fourth-order valence-corrected chi connectivity index (χ4v) is 2.34. The summed E-state index contributed by atoms with van der Waals surface area (Å²) in [6.07, 6.45) is -1.00. The summed E-state index contributed by atoms with van der Waals surface area (Å²) in [5.41, 5.74) is 6.23. The molecule has 1 rings (SSSR count). The van der Waals surface area contributed by atoms with Gasteiger partial charge in [-0.1, -0.05) is 30.3 Å². The molecule has 10 heteroatoms. The molecule has 0 aromatic heterocycles. The van der Waals surface area contributed by atoms with Gasteiger partial charge in [-0.25, -0.2) is 4.79 Å². The zero-order chi connectivity index (χ0) is 22.1. The highest BCUT2D eigenvalue weighted by molar-refractivity contribution is 5.93. The van der Waals surface area contributed by atoms with Crippen molar-refractivity contribution in [3.63, 3.8) is 0 Å². The lowest BCUT2D eigenvalue weighted by atomic mass is 10.1. The van der Waals surface area contributed by atoms with Crippen LogP contribution >= 0.6 is 0 Å². The van der Waals surface area contributed by atoms with E-state index in [-0.39, 0.29) is 6.42 Å². The van der Waals surface area contributed by atoms with Gasteiger partial charge in [0.2, 0.25) is 17.7 Å². The summed E-state index contributed by atoms with van der Waals surface area (Å²) in [6.45, 7) is 4.13. The summed E-state index contributed by atoms with van der Waals surface area (Å²) in [4.78, 5) is 47.7. The zero-order valence-electron chi connectivity index (χ0n) is 16.6. The summed E-state index contributed by atoms with van der Waals surface area (Å²) in [5, 5.41) is 25.8. The molecule has 160 valence electrons.